The van der Waals surface area contributed by atoms with Crippen molar-refractivity contribution < 1.29 is 19.0 Å². The van der Waals surface area contributed by atoms with Gasteiger partial charge in [0.25, 0.3) is 0 Å². The van der Waals surface area contributed by atoms with Gasteiger partial charge in [-0.15, -0.1) is 0 Å². The average Bonchev–Trinajstić information content (AvgIpc) is 1.79. The van der Waals surface area contributed by atoms with Gasteiger partial charge in [0, 0.05) is 0 Å². The van der Waals surface area contributed by atoms with Gasteiger partial charge >= 0.3 is 19.4 Å². The molecule has 1 radical (unpaired) electrons. The largest absolute Gasteiger partial charge is 0.526 e. The zero-order valence-corrected chi connectivity index (χ0v) is 5.71. The molecule has 0 bridgehead atoms. The van der Waals surface area contributed by atoms with Gasteiger partial charge < -0.3 is 9.39 Å². The monoisotopic (exact) mass is 141 g/mol. The molecule has 0 aromatic rings. The average molecular weight is 141 g/mol. The van der Waals surface area contributed by atoms with Gasteiger partial charge in [0.05, 0.1) is 0 Å². The lowest BCUT2D eigenvalue weighted by Crippen LogP contribution is -2.46. The maximum absolute atomic E-state index is 10.5. The van der Waals surface area contributed by atoms with E-state index in [0.29, 0.717) is 0 Å². The van der Waals surface area contributed by atoms with Crippen molar-refractivity contribution in [3.05, 3.63) is 0 Å². The molecular weight excluding hydrogens is 135 g/mol. The molecule has 0 amide bonds. The summed E-state index contributed by atoms with van der Waals surface area (Å²) in [6.07, 6.45) is 0. The fourth-order valence-electron chi connectivity index (χ4n) is 0.548. The SMILES string of the molecule is CC1(C)[B]OC(=O)C(=O)O1. The van der Waals surface area contributed by atoms with Gasteiger partial charge in [-0.3, -0.25) is 0 Å². The number of ether oxygens (including phenoxy) is 1. The Balaban J connectivity index is 2.66. The first-order chi connectivity index (χ1) is 4.51. The molecule has 1 fully saturated rings. The molecular formula is C5H6BO4. The highest BCUT2D eigenvalue weighted by Gasteiger charge is 2.37. The zero-order valence-electron chi connectivity index (χ0n) is 5.71. The second-order valence-electron chi connectivity index (χ2n) is 2.52. The molecule has 1 saturated heterocycles. The van der Waals surface area contributed by atoms with Crippen molar-refractivity contribution in [2.75, 3.05) is 0 Å². The lowest BCUT2D eigenvalue weighted by atomic mass is 9.77. The number of hydrogen-bond donors (Lipinski definition) is 0. The van der Waals surface area contributed by atoms with Crippen LogP contribution >= 0.6 is 0 Å². The summed E-state index contributed by atoms with van der Waals surface area (Å²) in [5, 5.41) is 0. The van der Waals surface area contributed by atoms with Crippen molar-refractivity contribution in [2.45, 2.75) is 19.3 Å². The molecule has 0 aliphatic carbocycles. The lowest BCUT2D eigenvalue weighted by Gasteiger charge is -2.26. The molecule has 1 heterocycles. The van der Waals surface area contributed by atoms with Crippen molar-refractivity contribution in [1.29, 1.82) is 0 Å². The topological polar surface area (TPSA) is 52.6 Å². The summed E-state index contributed by atoms with van der Waals surface area (Å²) in [5.41, 5.74) is -0.787. The number of cyclic esters (lactones) is 1. The third-order valence-corrected chi connectivity index (χ3v) is 0.972. The smallest absolute Gasteiger partial charge is 0.422 e. The molecule has 0 aromatic carbocycles. The lowest BCUT2D eigenvalue weighted by molar-refractivity contribution is -0.172. The van der Waals surface area contributed by atoms with E-state index in [4.69, 9.17) is 0 Å². The van der Waals surface area contributed by atoms with Crippen LogP contribution in [0.25, 0.3) is 0 Å². The number of hydrogen-bond acceptors (Lipinski definition) is 4. The summed E-state index contributed by atoms with van der Waals surface area (Å²) in [6.45, 7) is 3.24. The molecule has 1 rings (SSSR count). The fraction of sp³-hybridized carbons (Fsp3) is 0.600. The number of carbonyl (C=O) groups is 2. The molecule has 1 aliphatic rings. The second kappa shape index (κ2) is 2.00. The van der Waals surface area contributed by atoms with Crippen LogP contribution in [-0.4, -0.2) is 24.9 Å². The molecule has 0 atom stereocenters. The van der Waals surface area contributed by atoms with Crippen LogP contribution in [0, 0.1) is 0 Å². The van der Waals surface area contributed by atoms with Crippen molar-refractivity contribution >= 4 is 19.4 Å². The van der Waals surface area contributed by atoms with Crippen molar-refractivity contribution in [3.8, 4) is 0 Å². The van der Waals surface area contributed by atoms with Gasteiger partial charge in [-0.25, -0.2) is 9.59 Å². The predicted octanol–water partition coefficient (Wildman–Crippen LogP) is -0.558. The van der Waals surface area contributed by atoms with Crippen molar-refractivity contribution in [3.63, 3.8) is 0 Å². The van der Waals surface area contributed by atoms with E-state index in [2.05, 4.69) is 9.39 Å². The molecule has 0 spiro atoms. The molecule has 1 aliphatic heterocycles. The second-order valence-corrected chi connectivity index (χ2v) is 2.52. The van der Waals surface area contributed by atoms with E-state index < -0.39 is 17.4 Å². The quantitative estimate of drug-likeness (QED) is 0.257. The van der Waals surface area contributed by atoms with Gasteiger partial charge in [-0.1, -0.05) is 0 Å². The maximum Gasteiger partial charge on any atom is 0.422 e. The van der Waals surface area contributed by atoms with E-state index in [-0.39, 0.29) is 0 Å². The Hall–Kier alpha value is -0.995. The van der Waals surface area contributed by atoms with E-state index in [1.165, 1.54) is 7.48 Å². The van der Waals surface area contributed by atoms with Crippen LogP contribution in [0.5, 0.6) is 0 Å². The first-order valence-corrected chi connectivity index (χ1v) is 2.79. The van der Waals surface area contributed by atoms with Crippen molar-refractivity contribution in [1.82, 2.24) is 0 Å². The molecule has 10 heavy (non-hydrogen) atoms. The van der Waals surface area contributed by atoms with Gasteiger partial charge in [0.1, 0.15) is 5.50 Å². The molecule has 0 saturated carbocycles. The minimum atomic E-state index is -0.959. The van der Waals surface area contributed by atoms with Gasteiger partial charge in [0.2, 0.25) is 0 Å². The Morgan fingerprint density at radius 3 is 2.30 bits per heavy atom. The fourth-order valence-corrected chi connectivity index (χ4v) is 0.548. The van der Waals surface area contributed by atoms with Crippen LogP contribution in [0.1, 0.15) is 13.8 Å². The Kier molecular flexibility index (Phi) is 1.43. The summed E-state index contributed by atoms with van der Waals surface area (Å²) < 4.78 is 8.98. The Labute approximate surface area is 58.8 Å². The van der Waals surface area contributed by atoms with Crippen LogP contribution < -0.4 is 0 Å². The van der Waals surface area contributed by atoms with E-state index in [0.717, 1.165) is 0 Å². The van der Waals surface area contributed by atoms with Gasteiger partial charge in [-0.05, 0) is 13.8 Å². The number of esters is 1. The minimum Gasteiger partial charge on any atom is -0.526 e. The van der Waals surface area contributed by atoms with E-state index in [1.807, 2.05) is 0 Å². The summed E-state index contributed by atoms with van der Waals surface area (Å²) in [7, 11) is 1.19. The third kappa shape index (κ3) is 1.29. The maximum atomic E-state index is 10.5. The zero-order chi connectivity index (χ0) is 7.78. The summed E-state index contributed by atoms with van der Waals surface area (Å²) in [5.74, 6) is -1.90. The number of carbonyl (C=O) groups excluding carboxylic acids is 2. The summed E-state index contributed by atoms with van der Waals surface area (Å²) >= 11 is 0. The van der Waals surface area contributed by atoms with Gasteiger partial charge in [0.15, 0.2) is 0 Å². The standard InChI is InChI=1S/C5H6BO4/c1-5(2)6-10-4(8)3(7)9-5/h1-2H3. The Morgan fingerprint density at radius 1 is 1.30 bits per heavy atom. The Bertz CT molecular complexity index is 186. The molecule has 0 aromatic heterocycles. The summed E-state index contributed by atoms with van der Waals surface area (Å²) in [4.78, 5) is 20.8. The van der Waals surface area contributed by atoms with Crippen LogP contribution in [0.3, 0.4) is 0 Å². The highest BCUT2D eigenvalue weighted by atomic mass is 16.6. The van der Waals surface area contributed by atoms with Crippen LogP contribution in [-0.2, 0) is 19.0 Å². The normalized spacial score (nSPS) is 22.6. The minimum absolute atomic E-state index is 0.787. The van der Waals surface area contributed by atoms with Crippen LogP contribution in [0.2, 0.25) is 0 Å². The molecule has 5 heteroatoms. The highest BCUT2D eigenvalue weighted by Crippen LogP contribution is 2.12. The molecule has 0 N–H and O–H groups in total. The van der Waals surface area contributed by atoms with Crippen LogP contribution in [0.4, 0.5) is 0 Å². The van der Waals surface area contributed by atoms with Crippen LogP contribution in [0.15, 0.2) is 0 Å². The molecule has 53 valence electrons. The van der Waals surface area contributed by atoms with E-state index in [9.17, 15) is 9.59 Å². The predicted molar refractivity (Wildman–Crippen MR) is 32.0 cm³/mol. The van der Waals surface area contributed by atoms with E-state index in [1.54, 1.807) is 13.8 Å². The highest BCUT2D eigenvalue weighted by molar-refractivity contribution is 6.45. The third-order valence-electron chi connectivity index (χ3n) is 0.972. The van der Waals surface area contributed by atoms with E-state index >= 15 is 0 Å². The first-order valence-electron chi connectivity index (χ1n) is 2.79. The Morgan fingerprint density at radius 2 is 1.90 bits per heavy atom. The van der Waals surface area contributed by atoms with Gasteiger partial charge in [-0.2, -0.15) is 0 Å². The summed E-state index contributed by atoms with van der Waals surface area (Å²) in [6, 6.07) is 0. The number of rotatable bonds is 0. The first kappa shape index (κ1) is 7.12. The molecule has 4 nitrogen and oxygen atoms in total. The molecule has 0 unspecified atom stereocenters. The van der Waals surface area contributed by atoms with Crippen molar-refractivity contribution in [2.24, 2.45) is 0 Å².